The number of ether oxygens (including phenoxy) is 2. The standard InChI is InChI=1S/C14H11NO3S/c16-9-10-2-1-5-15-14(10)19-11-3-4-12-13(8-11)18-7-6-17-12/h1-5,8-9H,6-7H2. The van der Waals surface area contributed by atoms with Gasteiger partial charge in [0.05, 0.1) is 0 Å². The van der Waals surface area contributed by atoms with Crippen LogP contribution in [0, 0.1) is 0 Å². The number of benzene rings is 1. The predicted molar refractivity (Wildman–Crippen MR) is 71.2 cm³/mol. The summed E-state index contributed by atoms with van der Waals surface area (Å²) in [6.45, 7) is 1.14. The fourth-order valence-corrected chi connectivity index (χ4v) is 2.65. The van der Waals surface area contributed by atoms with Gasteiger partial charge < -0.3 is 9.47 Å². The van der Waals surface area contributed by atoms with Crippen LogP contribution in [-0.2, 0) is 0 Å². The molecule has 96 valence electrons. The van der Waals surface area contributed by atoms with Crippen LogP contribution in [0.15, 0.2) is 46.5 Å². The van der Waals surface area contributed by atoms with Gasteiger partial charge in [-0.25, -0.2) is 4.98 Å². The van der Waals surface area contributed by atoms with Gasteiger partial charge in [-0.15, -0.1) is 0 Å². The predicted octanol–water partition coefficient (Wildman–Crippen LogP) is 2.82. The van der Waals surface area contributed by atoms with Crippen LogP contribution in [0.2, 0.25) is 0 Å². The molecule has 0 spiro atoms. The van der Waals surface area contributed by atoms with Crippen LogP contribution < -0.4 is 9.47 Å². The highest BCUT2D eigenvalue weighted by molar-refractivity contribution is 7.99. The van der Waals surface area contributed by atoms with Gasteiger partial charge in [0, 0.05) is 16.7 Å². The minimum absolute atomic E-state index is 0.560. The zero-order valence-electron chi connectivity index (χ0n) is 10.0. The minimum Gasteiger partial charge on any atom is -0.486 e. The summed E-state index contributed by atoms with van der Waals surface area (Å²) in [4.78, 5) is 16.1. The van der Waals surface area contributed by atoms with E-state index in [0.717, 1.165) is 22.7 Å². The summed E-state index contributed by atoms with van der Waals surface area (Å²) < 4.78 is 11.0. The molecular weight excluding hydrogens is 262 g/mol. The number of nitrogens with zero attached hydrogens (tertiary/aromatic N) is 1. The van der Waals surface area contributed by atoms with Crippen LogP contribution in [0.5, 0.6) is 11.5 Å². The first-order valence-electron chi connectivity index (χ1n) is 5.84. The van der Waals surface area contributed by atoms with E-state index in [-0.39, 0.29) is 0 Å². The monoisotopic (exact) mass is 273 g/mol. The molecule has 1 aromatic heterocycles. The van der Waals surface area contributed by atoms with Crippen molar-refractivity contribution >= 4 is 18.0 Å². The largest absolute Gasteiger partial charge is 0.486 e. The Balaban J connectivity index is 1.89. The molecule has 0 aliphatic carbocycles. The Morgan fingerprint density at radius 3 is 2.84 bits per heavy atom. The summed E-state index contributed by atoms with van der Waals surface area (Å²) in [6.07, 6.45) is 2.49. The minimum atomic E-state index is 0.560. The second-order valence-electron chi connectivity index (χ2n) is 3.92. The molecule has 1 aliphatic rings. The number of aromatic nitrogens is 1. The number of fused-ring (bicyclic) bond motifs is 1. The molecule has 0 amide bonds. The molecular formula is C14H11NO3S. The van der Waals surface area contributed by atoms with E-state index in [4.69, 9.17) is 9.47 Å². The van der Waals surface area contributed by atoms with E-state index in [2.05, 4.69) is 4.98 Å². The van der Waals surface area contributed by atoms with Crippen molar-refractivity contribution in [3.05, 3.63) is 42.1 Å². The number of rotatable bonds is 3. The summed E-state index contributed by atoms with van der Waals surface area (Å²) >= 11 is 1.43. The first kappa shape index (κ1) is 12.0. The molecule has 0 radical (unpaired) electrons. The van der Waals surface area contributed by atoms with Gasteiger partial charge in [-0.05, 0) is 30.3 Å². The number of carbonyl (C=O) groups excluding carboxylic acids is 1. The first-order chi connectivity index (χ1) is 9.36. The van der Waals surface area contributed by atoms with Crippen molar-refractivity contribution in [1.29, 1.82) is 0 Å². The molecule has 0 saturated heterocycles. The van der Waals surface area contributed by atoms with Crippen molar-refractivity contribution in [3.8, 4) is 11.5 Å². The Morgan fingerprint density at radius 2 is 2.00 bits per heavy atom. The molecule has 0 fully saturated rings. The van der Waals surface area contributed by atoms with Crippen molar-refractivity contribution < 1.29 is 14.3 Å². The summed E-state index contributed by atoms with van der Waals surface area (Å²) in [5.41, 5.74) is 0.586. The fraction of sp³-hybridized carbons (Fsp3) is 0.143. The molecule has 0 atom stereocenters. The first-order valence-corrected chi connectivity index (χ1v) is 6.66. The average molecular weight is 273 g/mol. The summed E-state index contributed by atoms with van der Waals surface area (Å²) in [5, 5.41) is 0.689. The molecule has 3 rings (SSSR count). The van der Waals surface area contributed by atoms with Crippen molar-refractivity contribution in [2.24, 2.45) is 0 Å². The summed E-state index contributed by atoms with van der Waals surface area (Å²) in [6, 6.07) is 9.21. The topological polar surface area (TPSA) is 48.4 Å². The summed E-state index contributed by atoms with van der Waals surface area (Å²) in [5.74, 6) is 1.49. The van der Waals surface area contributed by atoms with Gasteiger partial charge in [-0.3, -0.25) is 4.79 Å². The van der Waals surface area contributed by atoms with Crippen molar-refractivity contribution in [2.45, 2.75) is 9.92 Å². The number of hydrogen-bond acceptors (Lipinski definition) is 5. The highest BCUT2D eigenvalue weighted by atomic mass is 32.2. The van der Waals surface area contributed by atoms with Crippen LogP contribution in [0.3, 0.4) is 0 Å². The van der Waals surface area contributed by atoms with E-state index in [1.165, 1.54) is 11.8 Å². The number of pyridine rings is 1. The molecule has 1 aromatic carbocycles. The van der Waals surface area contributed by atoms with Gasteiger partial charge in [-0.1, -0.05) is 11.8 Å². The van der Waals surface area contributed by atoms with Crippen LogP contribution >= 0.6 is 11.8 Å². The lowest BCUT2D eigenvalue weighted by Crippen LogP contribution is -2.15. The molecule has 0 bridgehead atoms. The van der Waals surface area contributed by atoms with Crippen LogP contribution in [0.4, 0.5) is 0 Å². The molecule has 19 heavy (non-hydrogen) atoms. The molecule has 4 nitrogen and oxygen atoms in total. The van der Waals surface area contributed by atoms with Gasteiger partial charge >= 0.3 is 0 Å². The molecule has 1 aliphatic heterocycles. The van der Waals surface area contributed by atoms with E-state index in [9.17, 15) is 4.79 Å². The lowest BCUT2D eigenvalue weighted by Gasteiger charge is -2.18. The number of carbonyl (C=O) groups is 1. The zero-order chi connectivity index (χ0) is 13.1. The van der Waals surface area contributed by atoms with E-state index >= 15 is 0 Å². The lowest BCUT2D eigenvalue weighted by molar-refractivity contribution is 0.112. The van der Waals surface area contributed by atoms with Gasteiger partial charge in [0.1, 0.15) is 18.2 Å². The van der Waals surface area contributed by atoms with Crippen LogP contribution in [0.1, 0.15) is 10.4 Å². The second-order valence-corrected chi connectivity index (χ2v) is 4.99. The highest BCUT2D eigenvalue weighted by Gasteiger charge is 2.13. The van der Waals surface area contributed by atoms with Crippen LogP contribution in [-0.4, -0.2) is 24.5 Å². The number of hydrogen-bond donors (Lipinski definition) is 0. The van der Waals surface area contributed by atoms with Crippen molar-refractivity contribution in [1.82, 2.24) is 4.98 Å². The second kappa shape index (κ2) is 5.32. The van der Waals surface area contributed by atoms with E-state index in [0.29, 0.717) is 23.8 Å². The maximum Gasteiger partial charge on any atom is 0.162 e. The Bertz CT molecular complexity index is 615. The fourth-order valence-electron chi connectivity index (χ4n) is 1.78. The van der Waals surface area contributed by atoms with E-state index in [1.54, 1.807) is 18.3 Å². The highest BCUT2D eigenvalue weighted by Crippen LogP contribution is 2.36. The molecule has 0 saturated carbocycles. The molecule has 2 aromatic rings. The maximum atomic E-state index is 11.0. The third kappa shape index (κ3) is 2.56. The Labute approximate surface area is 114 Å². The quantitative estimate of drug-likeness (QED) is 0.805. The molecule has 2 heterocycles. The Kier molecular flexibility index (Phi) is 3.37. The third-order valence-corrected chi connectivity index (χ3v) is 3.68. The van der Waals surface area contributed by atoms with Gasteiger partial charge in [0.2, 0.25) is 0 Å². The smallest absolute Gasteiger partial charge is 0.162 e. The molecule has 0 N–H and O–H groups in total. The normalized spacial score (nSPS) is 13.1. The molecule has 0 unspecified atom stereocenters. The SMILES string of the molecule is O=Cc1cccnc1Sc1ccc2c(c1)OCCO2. The van der Waals surface area contributed by atoms with Crippen molar-refractivity contribution in [2.75, 3.05) is 13.2 Å². The number of aldehydes is 1. The van der Waals surface area contributed by atoms with Gasteiger partial charge in [0.15, 0.2) is 17.8 Å². The zero-order valence-corrected chi connectivity index (χ0v) is 10.9. The maximum absolute atomic E-state index is 11.0. The average Bonchev–Trinajstić information content (AvgIpc) is 2.48. The van der Waals surface area contributed by atoms with E-state index in [1.807, 2.05) is 18.2 Å². The summed E-state index contributed by atoms with van der Waals surface area (Å²) in [7, 11) is 0. The van der Waals surface area contributed by atoms with E-state index < -0.39 is 0 Å². The molecule has 5 heteroatoms. The van der Waals surface area contributed by atoms with Crippen molar-refractivity contribution in [3.63, 3.8) is 0 Å². The third-order valence-electron chi connectivity index (χ3n) is 2.66. The van der Waals surface area contributed by atoms with Gasteiger partial charge in [0.25, 0.3) is 0 Å². The van der Waals surface area contributed by atoms with Gasteiger partial charge in [-0.2, -0.15) is 0 Å². The Morgan fingerprint density at radius 1 is 1.16 bits per heavy atom. The van der Waals surface area contributed by atoms with Crippen LogP contribution in [0.25, 0.3) is 0 Å². The lowest BCUT2D eigenvalue weighted by atomic mass is 10.3. The Hall–Kier alpha value is -2.01.